The topological polar surface area (TPSA) is 69.2 Å². The van der Waals surface area contributed by atoms with E-state index < -0.39 is 17.6 Å². The molecular weight excluding hydrogens is 335 g/mol. The number of H-pyrrole nitrogens is 1. The number of nitrogens with one attached hydrogen (secondary N) is 1. The van der Waals surface area contributed by atoms with Crippen molar-refractivity contribution in [1.29, 1.82) is 0 Å². The number of phenols is 1. The Bertz CT molecular complexity index is 825. The summed E-state index contributed by atoms with van der Waals surface area (Å²) in [5, 5.41) is 10.1. The van der Waals surface area contributed by atoms with Crippen LogP contribution in [0.15, 0.2) is 29.1 Å². The molecule has 2 aromatic rings. The smallest absolute Gasteiger partial charge is 0.431 e. The van der Waals surface area contributed by atoms with Gasteiger partial charge in [-0.1, -0.05) is 0 Å². The normalized spacial score (nSPS) is 11.9. The van der Waals surface area contributed by atoms with Gasteiger partial charge in [0.05, 0.1) is 5.69 Å². The number of benzene rings is 1. The summed E-state index contributed by atoms with van der Waals surface area (Å²) in [6.07, 6.45) is -2.02. The molecule has 0 atom stereocenters. The molecule has 1 aromatic carbocycles. The van der Waals surface area contributed by atoms with Crippen LogP contribution in [0.25, 0.3) is 12.2 Å². The molecule has 0 amide bonds. The summed E-state index contributed by atoms with van der Waals surface area (Å²) >= 11 is 0. The molecular formula is C17H18F3N3O2. The van der Waals surface area contributed by atoms with Gasteiger partial charge in [0, 0.05) is 30.4 Å². The SMILES string of the molecule is CCN(CC)c1ccc(/C=C/c2cc(C(F)(F)F)[nH]c(=O)n2)c(O)c1. The average Bonchev–Trinajstić information content (AvgIpc) is 2.54. The third-order valence-electron chi connectivity index (χ3n) is 3.65. The van der Waals surface area contributed by atoms with Crippen molar-refractivity contribution in [3.05, 3.63) is 51.7 Å². The van der Waals surface area contributed by atoms with Crippen molar-refractivity contribution in [1.82, 2.24) is 9.97 Å². The molecule has 1 aromatic heterocycles. The highest BCUT2D eigenvalue weighted by atomic mass is 19.4. The van der Waals surface area contributed by atoms with Gasteiger partial charge in [-0.2, -0.15) is 18.2 Å². The molecule has 0 aliphatic rings. The number of alkyl halides is 3. The van der Waals surface area contributed by atoms with E-state index in [1.807, 2.05) is 18.7 Å². The van der Waals surface area contributed by atoms with Gasteiger partial charge in [0.25, 0.3) is 0 Å². The Kier molecular flexibility index (Phi) is 5.51. The number of rotatable bonds is 5. The Hall–Kier alpha value is -2.77. The molecule has 2 N–H and O–H groups in total. The van der Waals surface area contributed by atoms with Crippen LogP contribution in [0.5, 0.6) is 5.75 Å². The maximum absolute atomic E-state index is 12.7. The third kappa shape index (κ3) is 4.62. The van der Waals surface area contributed by atoms with E-state index in [4.69, 9.17) is 0 Å². The number of anilines is 1. The maximum atomic E-state index is 12.7. The highest BCUT2D eigenvalue weighted by Gasteiger charge is 2.32. The molecule has 134 valence electrons. The Morgan fingerprint density at radius 1 is 1.20 bits per heavy atom. The van der Waals surface area contributed by atoms with E-state index in [0.29, 0.717) is 5.56 Å². The Morgan fingerprint density at radius 3 is 2.44 bits per heavy atom. The van der Waals surface area contributed by atoms with Crippen molar-refractivity contribution >= 4 is 17.8 Å². The first-order chi connectivity index (χ1) is 11.7. The van der Waals surface area contributed by atoms with Crippen LogP contribution in [0, 0.1) is 0 Å². The lowest BCUT2D eigenvalue weighted by Gasteiger charge is -2.21. The van der Waals surface area contributed by atoms with Gasteiger partial charge < -0.3 is 15.0 Å². The molecule has 0 aliphatic carbocycles. The number of aromatic nitrogens is 2. The van der Waals surface area contributed by atoms with Crippen molar-refractivity contribution in [3.8, 4) is 5.75 Å². The van der Waals surface area contributed by atoms with Crippen molar-refractivity contribution in [2.75, 3.05) is 18.0 Å². The number of aromatic amines is 1. The summed E-state index contributed by atoms with van der Waals surface area (Å²) < 4.78 is 38.1. The molecule has 2 rings (SSSR count). The maximum Gasteiger partial charge on any atom is 0.431 e. The Morgan fingerprint density at radius 2 is 1.88 bits per heavy atom. The second-order valence-corrected chi connectivity index (χ2v) is 5.27. The van der Waals surface area contributed by atoms with E-state index in [0.717, 1.165) is 24.8 Å². The summed E-state index contributed by atoms with van der Waals surface area (Å²) in [4.78, 5) is 18.4. The lowest BCUT2D eigenvalue weighted by atomic mass is 10.1. The van der Waals surface area contributed by atoms with Crippen LogP contribution in [0.4, 0.5) is 18.9 Å². The standard InChI is InChI=1S/C17H18F3N3O2/c1-3-23(4-2)13-8-6-11(14(24)10-13)5-7-12-9-15(17(18,19)20)22-16(25)21-12/h5-10,24H,3-4H2,1-2H3,(H,21,22,25)/b7-5+. The molecule has 1 heterocycles. The highest BCUT2D eigenvalue weighted by molar-refractivity contribution is 5.73. The molecule has 0 saturated heterocycles. The zero-order valence-corrected chi connectivity index (χ0v) is 13.8. The van der Waals surface area contributed by atoms with E-state index >= 15 is 0 Å². The first-order valence-electron chi connectivity index (χ1n) is 7.69. The minimum atomic E-state index is -4.67. The molecule has 0 bridgehead atoms. The van der Waals surface area contributed by atoms with Gasteiger partial charge in [0.15, 0.2) is 0 Å². The highest BCUT2D eigenvalue weighted by Crippen LogP contribution is 2.28. The summed E-state index contributed by atoms with van der Waals surface area (Å²) in [5.74, 6) is -0.0125. The van der Waals surface area contributed by atoms with Gasteiger partial charge in [0.2, 0.25) is 0 Å². The lowest BCUT2D eigenvalue weighted by Crippen LogP contribution is -2.21. The van der Waals surface area contributed by atoms with Gasteiger partial charge in [-0.15, -0.1) is 0 Å². The minimum absolute atomic E-state index is 0.0125. The first kappa shape index (κ1) is 18.6. The van der Waals surface area contributed by atoms with Crippen LogP contribution in [-0.2, 0) is 6.18 Å². The second-order valence-electron chi connectivity index (χ2n) is 5.27. The Labute approximate surface area is 142 Å². The second kappa shape index (κ2) is 7.42. The van der Waals surface area contributed by atoms with E-state index in [9.17, 15) is 23.1 Å². The fourth-order valence-electron chi connectivity index (χ4n) is 2.35. The predicted octanol–water partition coefficient (Wildman–Crippen LogP) is 3.51. The lowest BCUT2D eigenvalue weighted by molar-refractivity contribution is -0.141. The third-order valence-corrected chi connectivity index (χ3v) is 3.65. The summed E-state index contributed by atoms with van der Waals surface area (Å²) in [7, 11) is 0. The number of halogens is 3. The molecule has 0 radical (unpaired) electrons. The summed E-state index contributed by atoms with van der Waals surface area (Å²) in [6.45, 7) is 5.54. The molecule has 0 unspecified atom stereocenters. The van der Waals surface area contributed by atoms with Crippen molar-refractivity contribution in [3.63, 3.8) is 0 Å². The van der Waals surface area contributed by atoms with E-state index in [2.05, 4.69) is 4.98 Å². The van der Waals surface area contributed by atoms with Gasteiger partial charge in [0.1, 0.15) is 11.4 Å². The molecule has 0 aliphatic heterocycles. The molecule has 0 saturated carbocycles. The van der Waals surface area contributed by atoms with Gasteiger partial charge in [-0.3, -0.25) is 0 Å². The van der Waals surface area contributed by atoms with Crippen LogP contribution in [0.3, 0.4) is 0 Å². The van der Waals surface area contributed by atoms with Crippen LogP contribution in [0.2, 0.25) is 0 Å². The van der Waals surface area contributed by atoms with Gasteiger partial charge in [-0.25, -0.2) is 4.79 Å². The molecule has 0 spiro atoms. The molecule has 8 heteroatoms. The average molecular weight is 353 g/mol. The number of phenolic OH excluding ortho intramolecular Hbond substituents is 1. The van der Waals surface area contributed by atoms with E-state index in [-0.39, 0.29) is 11.4 Å². The van der Waals surface area contributed by atoms with Gasteiger partial charge in [-0.05, 0) is 44.2 Å². The Balaban J connectivity index is 2.31. The first-order valence-corrected chi connectivity index (χ1v) is 7.69. The van der Waals surface area contributed by atoms with Crippen molar-refractivity contribution in [2.24, 2.45) is 0 Å². The molecule has 5 nitrogen and oxygen atoms in total. The number of hydrogen-bond acceptors (Lipinski definition) is 4. The molecule has 0 fully saturated rings. The largest absolute Gasteiger partial charge is 0.507 e. The van der Waals surface area contributed by atoms with Crippen LogP contribution in [0.1, 0.15) is 30.8 Å². The fraction of sp³-hybridized carbons (Fsp3) is 0.294. The van der Waals surface area contributed by atoms with Gasteiger partial charge >= 0.3 is 11.9 Å². The van der Waals surface area contributed by atoms with E-state index in [1.165, 1.54) is 12.2 Å². The van der Waals surface area contributed by atoms with Crippen LogP contribution in [-0.4, -0.2) is 28.2 Å². The fourth-order valence-corrected chi connectivity index (χ4v) is 2.35. The summed E-state index contributed by atoms with van der Waals surface area (Å²) in [6, 6.07) is 5.77. The van der Waals surface area contributed by atoms with Crippen LogP contribution >= 0.6 is 0 Å². The predicted molar refractivity (Wildman–Crippen MR) is 90.5 cm³/mol. The van der Waals surface area contributed by atoms with Crippen LogP contribution < -0.4 is 10.6 Å². The summed E-state index contributed by atoms with van der Waals surface area (Å²) in [5.41, 5.74) is -1.16. The van der Waals surface area contributed by atoms with E-state index in [1.54, 1.807) is 23.2 Å². The number of hydrogen-bond donors (Lipinski definition) is 2. The number of nitrogens with zero attached hydrogens (tertiary/aromatic N) is 2. The zero-order chi connectivity index (χ0) is 18.6. The quantitative estimate of drug-likeness (QED) is 0.863. The minimum Gasteiger partial charge on any atom is -0.507 e. The number of aromatic hydroxyl groups is 1. The molecule has 25 heavy (non-hydrogen) atoms. The van der Waals surface area contributed by atoms with Crippen molar-refractivity contribution in [2.45, 2.75) is 20.0 Å². The zero-order valence-electron chi connectivity index (χ0n) is 13.8. The van der Waals surface area contributed by atoms with Crippen molar-refractivity contribution < 1.29 is 18.3 Å². The monoisotopic (exact) mass is 353 g/mol.